The maximum absolute atomic E-state index is 12.5. The number of carbonyl (C=O) groups excluding carboxylic acids is 1. The molecule has 1 saturated heterocycles. The number of thiocarbonyl (C=S) groups is 1. The minimum absolute atomic E-state index is 0.114. The Hall–Kier alpha value is -2.80. The molecule has 6 nitrogen and oxygen atoms in total. The van der Waals surface area contributed by atoms with Crippen LogP contribution >= 0.6 is 12.2 Å². The fourth-order valence-electron chi connectivity index (χ4n) is 3.45. The van der Waals surface area contributed by atoms with Crippen molar-refractivity contribution >= 4 is 34.6 Å². The number of nitrogens with one attached hydrogen (secondary N) is 2. The van der Waals surface area contributed by atoms with Gasteiger partial charge in [0.25, 0.3) is 5.91 Å². The highest BCUT2D eigenvalue weighted by Crippen LogP contribution is 2.18. The van der Waals surface area contributed by atoms with Crippen LogP contribution in [0.5, 0.6) is 5.75 Å². The largest absolute Gasteiger partial charge is 0.497 e. The van der Waals surface area contributed by atoms with Gasteiger partial charge in [-0.2, -0.15) is 0 Å². The number of anilines is 2. The van der Waals surface area contributed by atoms with E-state index in [1.807, 2.05) is 60.5 Å². The van der Waals surface area contributed by atoms with Crippen LogP contribution in [-0.2, 0) is 0 Å². The minimum Gasteiger partial charge on any atom is -0.497 e. The van der Waals surface area contributed by atoms with Gasteiger partial charge in [0, 0.05) is 50.2 Å². The lowest BCUT2D eigenvalue weighted by Gasteiger charge is -2.26. The molecule has 3 rings (SSSR count). The van der Waals surface area contributed by atoms with Gasteiger partial charge in [-0.3, -0.25) is 4.79 Å². The van der Waals surface area contributed by atoms with Crippen LogP contribution in [0.3, 0.4) is 0 Å². The molecule has 1 heterocycles. The van der Waals surface area contributed by atoms with Crippen molar-refractivity contribution in [2.45, 2.75) is 19.3 Å². The van der Waals surface area contributed by atoms with Crippen LogP contribution in [0.25, 0.3) is 0 Å². The second kappa shape index (κ2) is 10.8. The molecule has 0 saturated carbocycles. The van der Waals surface area contributed by atoms with E-state index in [0.717, 1.165) is 55.2 Å². The van der Waals surface area contributed by atoms with Crippen LogP contribution in [0.15, 0.2) is 48.5 Å². The predicted molar refractivity (Wildman–Crippen MR) is 127 cm³/mol. The summed E-state index contributed by atoms with van der Waals surface area (Å²) >= 11 is 5.39. The third-order valence-corrected chi connectivity index (χ3v) is 5.53. The molecule has 0 aliphatic carbocycles. The Balaban J connectivity index is 1.42. The van der Waals surface area contributed by atoms with Gasteiger partial charge >= 0.3 is 0 Å². The fourth-order valence-corrected chi connectivity index (χ4v) is 3.67. The standard InChI is InChI=1S/C23H30N4O2S/c1-26(20-10-12-21(29-2)13-11-20)17-14-24-23(30)25-19-8-6-18(7-9-19)22(28)27-15-4-3-5-16-27/h6-13H,3-5,14-17H2,1-2H3,(H2,24,25,30). The lowest BCUT2D eigenvalue weighted by molar-refractivity contribution is 0.0724. The van der Waals surface area contributed by atoms with Gasteiger partial charge < -0.3 is 25.2 Å². The fraction of sp³-hybridized carbons (Fsp3) is 0.391. The zero-order chi connectivity index (χ0) is 21.3. The summed E-state index contributed by atoms with van der Waals surface area (Å²) in [5.41, 5.74) is 2.71. The third kappa shape index (κ3) is 6.10. The van der Waals surface area contributed by atoms with Gasteiger partial charge in [0.05, 0.1) is 7.11 Å². The van der Waals surface area contributed by atoms with Crippen molar-refractivity contribution in [3.05, 3.63) is 54.1 Å². The summed E-state index contributed by atoms with van der Waals surface area (Å²) in [6, 6.07) is 15.5. The normalized spacial score (nSPS) is 13.5. The van der Waals surface area contributed by atoms with Crippen molar-refractivity contribution in [2.75, 3.05) is 50.6 Å². The Morgan fingerprint density at radius 2 is 1.73 bits per heavy atom. The van der Waals surface area contributed by atoms with Crippen LogP contribution in [0.4, 0.5) is 11.4 Å². The molecule has 2 N–H and O–H groups in total. The maximum atomic E-state index is 12.5. The molecule has 0 radical (unpaired) electrons. The van der Waals surface area contributed by atoms with Crippen LogP contribution in [0.1, 0.15) is 29.6 Å². The summed E-state index contributed by atoms with van der Waals surface area (Å²) in [5, 5.41) is 6.96. The first-order valence-electron chi connectivity index (χ1n) is 10.4. The Labute approximate surface area is 184 Å². The predicted octanol–water partition coefficient (Wildman–Crippen LogP) is 3.74. The number of carbonyl (C=O) groups is 1. The third-order valence-electron chi connectivity index (χ3n) is 5.28. The average molecular weight is 427 g/mol. The zero-order valence-electron chi connectivity index (χ0n) is 17.7. The first kappa shape index (κ1) is 21.9. The number of likely N-dealkylation sites (N-methyl/N-ethyl adjacent to an activating group) is 1. The number of benzene rings is 2. The molecule has 0 unspecified atom stereocenters. The number of hydrogen-bond donors (Lipinski definition) is 2. The summed E-state index contributed by atoms with van der Waals surface area (Å²) in [4.78, 5) is 16.6. The second-order valence-corrected chi connectivity index (χ2v) is 7.84. The van der Waals surface area contributed by atoms with E-state index in [9.17, 15) is 4.79 Å². The molecule has 1 amide bonds. The summed E-state index contributed by atoms with van der Waals surface area (Å²) < 4.78 is 5.19. The van der Waals surface area contributed by atoms with E-state index >= 15 is 0 Å². The van der Waals surface area contributed by atoms with Crippen molar-refractivity contribution < 1.29 is 9.53 Å². The summed E-state index contributed by atoms with van der Waals surface area (Å²) in [6.07, 6.45) is 3.41. The highest BCUT2D eigenvalue weighted by molar-refractivity contribution is 7.80. The van der Waals surface area contributed by atoms with Gasteiger partial charge in [0.15, 0.2) is 5.11 Å². The molecule has 1 aliphatic heterocycles. The molecule has 0 spiro atoms. The molecule has 0 bridgehead atoms. The smallest absolute Gasteiger partial charge is 0.253 e. The van der Waals surface area contributed by atoms with Gasteiger partial charge in [0.2, 0.25) is 0 Å². The Morgan fingerprint density at radius 3 is 2.37 bits per heavy atom. The zero-order valence-corrected chi connectivity index (χ0v) is 18.5. The van der Waals surface area contributed by atoms with Crippen molar-refractivity contribution in [3.8, 4) is 5.75 Å². The monoisotopic (exact) mass is 426 g/mol. The SMILES string of the molecule is COc1ccc(N(C)CCNC(=S)Nc2ccc(C(=O)N3CCCCC3)cc2)cc1. The van der Waals surface area contributed by atoms with Gasteiger partial charge in [-0.25, -0.2) is 0 Å². The molecular formula is C23H30N4O2S. The molecule has 7 heteroatoms. The van der Waals surface area contributed by atoms with Gasteiger partial charge in [-0.05, 0) is 80.0 Å². The summed E-state index contributed by atoms with van der Waals surface area (Å²) in [5.74, 6) is 0.961. The molecule has 30 heavy (non-hydrogen) atoms. The summed E-state index contributed by atoms with van der Waals surface area (Å²) in [7, 11) is 3.70. The molecule has 1 aliphatic rings. The van der Waals surface area contributed by atoms with Gasteiger partial charge in [-0.1, -0.05) is 0 Å². The molecule has 0 aromatic heterocycles. The molecule has 160 valence electrons. The van der Waals surface area contributed by atoms with Crippen molar-refractivity contribution in [1.82, 2.24) is 10.2 Å². The topological polar surface area (TPSA) is 56.8 Å². The average Bonchev–Trinajstić information content (AvgIpc) is 2.79. The van der Waals surface area contributed by atoms with Gasteiger partial charge in [-0.15, -0.1) is 0 Å². The number of nitrogens with zero attached hydrogens (tertiary/aromatic N) is 2. The number of rotatable bonds is 7. The van der Waals surface area contributed by atoms with E-state index in [-0.39, 0.29) is 5.91 Å². The molecule has 0 atom stereocenters. The number of methoxy groups -OCH3 is 1. The van der Waals surface area contributed by atoms with E-state index in [2.05, 4.69) is 15.5 Å². The molecule has 2 aromatic carbocycles. The van der Waals surface area contributed by atoms with E-state index in [1.54, 1.807) is 7.11 Å². The van der Waals surface area contributed by atoms with Crippen LogP contribution in [0, 0.1) is 0 Å². The number of amides is 1. The molecule has 2 aromatic rings. The number of likely N-dealkylation sites (tertiary alicyclic amines) is 1. The lowest BCUT2D eigenvalue weighted by Crippen LogP contribution is -2.36. The Morgan fingerprint density at radius 1 is 1.07 bits per heavy atom. The van der Waals surface area contributed by atoms with Crippen molar-refractivity contribution in [1.29, 1.82) is 0 Å². The number of hydrogen-bond acceptors (Lipinski definition) is 4. The summed E-state index contributed by atoms with van der Waals surface area (Å²) in [6.45, 7) is 3.23. The second-order valence-electron chi connectivity index (χ2n) is 7.43. The first-order chi connectivity index (χ1) is 14.6. The Bertz CT molecular complexity index is 833. The van der Waals surface area contributed by atoms with Gasteiger partial charge in [0.1, 0.15) is 5.75 Å². The van der Waals surface area contributed by atoms with Crippen LogP contribution in [0.2, 0.25) is 0 Å². The van der Waals surface area contributed by atoms with E-state index in [4.69, 9.17) is 17.0 Å². The first-order valence-corrected chi connectivity index (χ1v) is 10.8. The van der Waals surface area contributed by atoms with Crippen molar-refractivity contribution in [3.63, 3.8) is 0 Å². The van der Waals surface area contributed by atoms with E-state index in [0.29, 0.717) is 11.7 Å². The maximum Gasteiger partial charge on any atom is 0.253 e. The quantitative estimate of drug-likeness (QED) is 0.658. The molecule has 1 fully saturated rings. The highest BCUT2D eigenvalue weighted by atomic mass is 32.1. The van der Waals surface area contributed by atoms with E-state index < -0.39 is 0 Å². The van der Waals surface area contributed by atoms with Crippen molar-refractivity contribution in [2.24, 2.45) is 0 Å². The van der Waals surface area contributed by atoms with Crippen LogP contribution < -0.4 is 20.3 Å². The molecular weight excluding hydrogens is 396 g/mol. The number of piperidine rings is 1. The van der Waals surface area contributed by atoms with Crippen LogP contribution in [-0.4, -0.2) is 56.3 Å². The number of ether oxygens (including phenoxy) is 1. The Kier molecular flexibility index (Phi) is 7.90. The van der Waals surface area contributed by atoms with E-state index in [1.165, 1.54) is 6.42 Å². The minimum atomic E-state index is 0.114. The lowest BCUT2D eigenvalue weighted by atomic mass is 10.1. The highest BCUT2D eigenvalue weighted by Gasteiger charge is 2.17.